The van der Waals surface area contributed by atoms with E-state index in [1.165, 1.54) is 59.2 Å². The van der Waals surface area contributed by atoms with Gasteiger partial charge in [0.1, 0.15) is 29.7 Å². The smallest absolute Gasteiger partial charge is 0.249 e. The minimum Gasteiger partial charge on any atom is -0.383 e. The summed E-state index contributed by atoms with van der Waals surface area (Å²) in [6, 6.07) is 16.5. The maximum absolute atomic E-state index is 14.2. The van der Waals surface area contributed by atoms with Crippen LogP contribution in [0.3, 0.4) is 0 Å². The number of fused-ring (bicyclic) bond motifs is 1. The summed E-state index contributed by atoms with van der Waals surface area (Å²) >= 11 is 0. The number of halogens is 2. The molecule has 10 heteroatoms. The van der Waals surface area contributed by atoms with Gasteiger partial charge in [0.15, 0.2) is 0 Å². The Kier molecular flexibility index (Phi) is 7.41. The second-order valence-corrected chi connectivity index (χ2v) is 7.72. The molecule has 0 fully saturated rings. The number of ether oxygens (including phenoxy) is 1. The van der Waals surface area contributed by atoms with Crippen LogP contribution in [-0.2, 0) is 20.9 Å². The number of nitrogens with one attached hydrogen (secondary N) is 1. The first kappa shape index (κ1) is 24.0. The molecule has 8 nitrogen and oxygen atoms in total. The molecule has 3 aromatic carbocycles. The Labute approximate surface area is 200 Å². The van der Waals surface area contributed by atoms with Crippen molar-refractivity contribution in [2.24, 2.45) is 0 Å². The Morgan fingerprint density at radius 3 is 2.54 bits per heavy atom. The molecule has 0 unspecified atom stereocenters. The van der Waals surface area contributed by atoms with Crippen molar-refractivity contribution in [1.29, 1.82) is 0 Å². The van der Waals surface area contributed by atoms with Gasteiger partial charge in [0.25, 0.3) is 0 Å². The molecule has 180 valence electrons. The molecule has 0 saturated carbocycles. The average Bonchev–Trinajstić information content (AvgIpc) is 3.26. The number of rotatable bonds is 9. The predicted octanol–water partition coefficient (Wildman–Crippen LogP) is 3.25. The van der Waals surface area contributed by atoms with Crippen molar-refractivity contribution < 1.29 is 23.1 Å². The van der Waals surface area contributed by atoms with Crippen LogP contribution in [0.4, 0.5) is 14.5 Å². The summed E-state index contributed by atoms with van der Waals surface area (Å²) < 4.78 is 34.3. The van der Waals surface area contributed by atoms with Crippen LogP contribution in [0.1, 0.15) is 11.6 Å². The molecule has 0 spiro atoms. The van der Waals surface area contributed by atoms with Gasteiger partial charge in [-0.1, -0.05) is 35.5 Å². The third-order valence-electron chi connectivity index (χ3n) is 5.36. The lowest BCUT2D eigenvalue weighted by Gasteiger charge is -2.31. The quantitative estimate of drug-likeness (QED) is 0.373. The number of para-hydroxylation sites is 1. The van der Waals surface area contributed by atoms with Crippen molar-refractivity contribution >= 4 is 28.5 Å². The summed E-state index contributed by atoms with van der Waals surface area (Å²) in [4.78, 5) is 28.2. The van der Waals surface area contributed by atoms with E-state index >= 15 is 0 Å². The van der Waals surface area contributed by atoms with E-state index in [1.54, 1.807) is 24.3 Å². The van der Waals surface area contributed by atoms with Crippen LogP contribution in [0, 0.1) is 11.6 Å². The topological polar surface area (TPSA) is 89.4 Å². The van der Waals surface area contributed by atoms with E-state index in [4.69, 9.17) is 4.74 Å². The van der Waals surface area contributed by atoms with Crippen molar-refractivity contribution in [3.63, 3.8) is 0 Å². The average molecular weight is 479 g/mol. The van der Waals surface area contributed by atoms with Gasteiger partial charge in [-0.05, 0) is 48.0 Å². The highest BCUT2D eigenvalue weighted by Gasteiger charge is 2.33. The van der Waals surface area contributed by atoms with E-state index in [-0.39, 0.29) is 25.4 Å². The molecule has 1 N–H and O–H groups in total. The van der Waals surface area contributed by atoms with Crippen LogP contribution >= 0.6 is 0 Å². The summed E-state index contributed by atoms with van der Waals surface area (Å²) in [5, 5.41) is 10.8. The third-order valence-corrected chi connectivity index (χ3v) is 5.36. The van der Waals surface area contributed by atoms with E-state index in [9.17, 15) is 18.4 Å². The summed E-state index contributed by atoms with van der Waals surface area (Å²) in [7, 11) is 1.49. The number of amides is 2. The largest absolute Gasteiger partial charge is 0.383 e. The molecular formula is C25H23F2N5O3. The van der Waals surface area contributed by atoms with Gasteiger partial charge < -0.3 is 10.1 Å². The molecule has 4 aromatic rings. The second kappa shape index (κ2) is 10.8. The summed E-state index contributed by atoms with van der Waals surface area (Å²) in [5.41, 5.74) is 1.74. The maximum Gasteiger partial charge on any atom is 0.249 e. The third kappa shape index (κ3) is 5.49. The first-order valence-corrected chi connectivity index (χ1v) is 10.9. The van der Waals surface area contributed by atoms with Crippen LogP contribution in [-0.4, -0.2) is 47.1 Å². The van der Waals surface area contributed by atoms with Crippen LogP contribution in [0.2, 0.25) is 0 Å². The number of benzene rings is 3. The molecule has 0 bridgehead atoms. The summed E-state index contributed by atoms with van der Waals surface area (Å²) in [6.45, 7) is 0.173. The Morgan fingerprint density at radius 1 is 1.03 bits per heavy atom. The normalized spacial score (nSPS) is 11.9. The molecule has 0 aliphatic rings. The highest BCUT2D eigenvalue weighted by Crippen LogP contribution is 2.29. The number of hydrogen-bond acceptors (Lipinski definition) is 5. The molecule has 1 heterocycles. The number of carbonyl (C=O) groups excluding carboxylic acids is 2. The number of carbonyl (C=O) groups is 2. The lowest BCUT2D eigenvalue weighted by molar-refractivity contribution is -0.127. The predicted molar refractivity (Wildman–Crippen MR) is 125 cm³/mol. The number of hydrogen-bond donors (Lipinski definition) is 1. The molecule has 1 aromatic heterocycles. The first-order chi connectivity index (χ1) is 17.0. The van der Waals surface area contributed by atoms with Gasteiger partial charge in [0.05, 0.1) is 12.1 Å². The fourth-order valence-electron chi connectivity index (χ4n) is 3.74. The van der Waals surface area contributed by atoms with Crippen LogP contribution in [0.5, 0.6) is 0 Å². The van der Waals surface area contributed by atoms with Gasteiger partial charge >= 0.3 is 0 Å². The van der Waals surface area contributed by atoms with Crippen LogP contribution in [0.25, 0.3) is 11.0 Å². The Morgan fingerprint density at radius 2 is 1.80 bits per heavy atom. The SMILES string of the molecule is COCCNC(=O)[C@H](c1ccc(F)cc1)N(C(=O)Cn1nnc2ccccc21)c1cccc(F)c1. The number of methoxy groups -OCH3 is 1. The van der Waals surface area contributed by atoms with E-state index in [1.807, 2.05) is 0 Å². The molecule has 0 radical (unpaired) electrons. The second-order valence-electron chi connectivity index (χ2n) is 7.72. The van der Waals surface area contributed by atoms with Crippen LogP contribution < -0.4 is 10.2 Å². The van der Waals surface area contributed by atoms with Crippen LogP contribution in [0.15, 0.2) is 72.8 Å². The number of nitrogens with zero attached hydrogens (tertiary/aromatic N) is 4. The highest BCUT2D eigenvalue weighted by atomic mass is 19.1. The van der Waals surface area contributed by atoms with Gasteiger partial charge in [0.2, 0.25) is 11.8 Å². The zero-order valence-electron chi connectivity index (χ0n) is 18.9. The minimum atomic E-state index is -1.21. The highest BCUT2D eigenvalue weighted by molar-refractivity contribution is 6.01. The van der Waals surface area contributed by atoms with E-state index in [2.05, 4.69) is 15.6 Å². The van der Waals surface area contributed by atoms with Gasteiger partial charge in [0, 0.05) is 19.3 Å². The van der Waals surface area contributed by atoms with E-state index < -0.39 is 29.5 Å². The molecule has 35 heavy (non-hydrogen) atoms. The Bertz CT molecular complexity index is 1330. The van der Waals surface area contributed by atoms with Crippen molar-refractivity contribution in [1.82, 2.24) is 20.3 Å². The number of anilines is 1. The number of aromatic nitrogens is 3. The molecule has 0 aliphatic heterocycles. The van der Waals surface area contributed by atoms with Gasteiger partial charge in [-0.15, -0.1) is 5.10 Å². The molecular weight excluding hydrogens is 456 g/mol. The standard InChI is InChI=1S/C25H23F2N5O3/c1-35-14-13-28-25(34)24(17-9-11-18(26)12-10-17)32(20-6-4-5-19(27)15-20)23(33)16-31-22-8-3-2-7-21(22)29-30-31/h2-12,15,24H,13-14,16H2,1H3,(H,28,34)/t24-/m0/s1. The lowest BCUT2D eigenvalue weighted by atomic mass is 10.0. The molecule has 0 aliphatic carbocycles. The fraction of sp³-hybridized carbons (Fsp3) is 0.200. The van der Waals surface area contributed by atoms with Crippen molar-refractivity contribution in [3.05, 3.63) is 90.0 Å². The van der Waals surface area contributed by atoms with E-state index in [0.717, 1.165) is 6.07 Å². The van der Waals surface area contributed by atoms with Crippen molar-refractivity contribution in [2.75, 3.05) is 25.2 Å². The zero-order chi connectivity index (χ0) is 24.8. The summed E-state index contributed by atoms with van der Waals surface area (Å²) in [6.07, 6.45) is 0. The van der Waals surface area contributed by atoms with Gasteiger partial charge in [-0.3, -0.25) is 14.5 Å². The fourth-order valence-corrected chi connectivity index (χ4v) is 3.74. The zero-order valence-corrected chi connectivity index (χ0v) is 18.9. The Balaban J connectivity index is 1.77. The molecule has 4 rings (SSSR count). The Hall–Kier alpha value is -4.18. The molecule has 0 saturated heterocycles. The monoisotopic (exact) mass is 479 g/mol. The van der Waals surface area contributed by atoms with Gasteiger partial charge in [-0.2, -0.15) is 0 Å². The maximum atomic E-state index is 14.2. The summed E-state index contributed by atoms with van der Waals surface area (Å²) in [5.74, 6) is -2.15. The first-order valence-electron chi connectivity index (χ1n) is 10.9. The minimum absolute atomic E-state index is 0.163. The van der Waals surface area contributed by atoms with E-state index in [0.29, 0.717) is 16.6 Å². The molecule has 2 amide bonds. The van der Waals surface area contributed by atoms with Crippen molar-refractivity contribution in [3.8, 4) is 0 Å². The lowest BCUT2D eigenvalue weighted by Crippen LogP contribution is -2.46. The van der Waals surface area contributed by atoms with Crippen molar-refractivity contribution in [2.45, 2.75) is 12.6 Å². The molecule has 1 atom stereocenters. The van der Waals surface area contributed by atoms with Gasteiger partial charge in [-0.25, -0.2) is 13.5 Å².